The number of aliphatic carboxylic acids is 1. The topological polar surface area (TPSA) is 80.4 Å². The van der Waals surface area contributed by atoms with Gasteiger partial charge in [0.1, 0.15) is 0 Å². The van der Waals surface area contributed by atoms with E-state index in [0.717, 1.165) is 25.8 Å². The zero-order chi connectivity index (χ0) is 18.8. The largest absolute Gasteiger partial charge is 0.477 e. The number of nitrogens with two attached hydrogens (primary N) is 1. The molecule has 0 aromatic heterocycles. The van der Waals surface area contributed by atoms with E-state index >= 15 is 0 Å². The van der Waals surface area contributed by atoms with Crippen LogP contribution in [0.2, 0.25) is 0 Å². The Balaban J connectivity index is 0. The molecule has 0 aliphatic carbocycles. The Hall–Kier alpha value is -1.10. The second-order valence-electron chi connectivity index (χ2n) is 7.26. The van der Waals surface area contributed by atoms with E-state index in [1.54, 1.807) is 0 Å². The van der Waals surface area contributed by atoms with Gasteiger partial charge in [0.25, 0.3) is 0 Å². The molecule has 0 saturated heterocycles. The third-order valence-electron chi connectivity index (χ3n) is 3.92. The molecule has 0 aromatic rings. The minimum Gasteiger partial charge on any atom is -0.477 e. The SMILES string of the molecule is CCCCCCCCCCCC(N)=O.CCC[N+](C)(C)CC(=O)O. The molecular weight excluding hydrogens is 304 g/mol. The monoisotopic (exact) mass is 345 g/mol. The molecular formula is C19H41N2O3+. The smallest absolute Gasteiger partial charge is 0.359 e. The maximum absolute atomic E-state index is 10.4. The van der Waals surface area contributed by atoms with Gasteiger partial charge in [-0.25, -0.2) is 4.79 Å². The number of hydrogen-bond donors (Lipinski definition) is 2. The Morgan fingerprint density at radius 1 is 0.833 bits per heavy atom. The molecule has 1 amide bonds. The van der Waals surface area contributed by atoms with Gasteiger partial charge in [0.2, 0.25) is 5.91 Å². The Kier molecular flexibility index (Phi) is 17.5. The predicted octanol–water partition coefficient (Wildman–Crippen LogP) is 3.95. The standard InChI is InChI=1S/C12H25NO.C7H15NO2/c1-2-3-4-5-6-7-8-9-10-11-12(13)14;1-4-5-8(2,3)6-7(9)10/h2-11H2,1H3,(H2,13,14);4-6H2,1-3H3/p+1. The van der Waals surface area contributed by atoms with Crippen LogP contribution in [0.4, 0.5) is 0 Å². The number of rotatable bonds is 14. The van der Waals surface area contributed by atoms with Crippen LogP contribution in [-0.2, 0) is 9.59 Å². The van der Waals surface area contributed by atoms with Gasteiger partial charge >= 0.3 is 5.97 Å². The van der Waals surface area contributed by atoms with E-state index < -0.39 is 5.97 Å². The third kappa shape index (κ3) is 23.2. The van der Waals surface area contributed by atoms with E-state index in [-0.39, 0.29) is 12.5 Å². The van der Waals surface area contributed by atoms with Crippen LogP contribution in [0.1, 0.15) is 84.5 Å². The number of amides is 1. The van der Waals surface area contributed by atoms with Gasteiger partial charge in [-0.1, -0.05) is 65.2 Å². The number of unbranched alkanes of at least 4 members (excludes halogenated alkanes) is 8. The summed E-state index contributed by atoms with van der Waals surface area (Å²) in [6, 6.07) is 0. The average Bonchev–Trinajstić information content (AvgIpc) is 2.44. The lowest BCUT2D eigenvalue weighted by molar-refractivity contribution is -0.883. The van der Waals surface area contributed by atoms with Crippen molar-refractivity contribution in [3.8, 4) is 0 Å². The molecule has 0 heterocycles. The highest BCUT2D eigenvalue weighted by Crippen LogP contribution is 2.10. The summed E-state index contributed by atoms with van der Waals surface area (Å²) in [6.07, 6.45) is 13.1. The highest BCUT2D eigenvalue weighted by Gasteiger charge is 2.17. The molecule has 0 aliphatic rings. The summed E-state index contributed by atoms with van der Waals surface area (Å²) >= 11 is 0. The number of carbonyl (C=O) groups is 2. The van der Waals surface area contributed by atoms with Crippen molar-refractivity contribution in [1.29, 1.82) is 0 Å². The lowest BCUT2D eigenvalue weighted by Gasteiger charge is -2.26. The van der Waals surface area contributed by atoms with E-state index in [1.165, 1.54) is 44.9 Å². The summed E-state index contributed by atoms with van der Waals surface area (Å²) in [5.41, 5.74) is 5.05. The van der Waals surface area contributed by atoms with E-state index in [0.29, 0.717) is 10.9 Å². The molecule has 24 heavy (non-hydrogen) atoms. The van der Waals surface area contributed by atoms with Gasteiger partial charge in [-0.15, -0.1) is 0 Å². The van der Waals surface area contributed by atoms with Crippen molar-refractivity contribution in [2.24, 2.45) is 5.73 Å². The predicted molar refractivity (Wildman–Crippen MR) is 101 cm³/mol. The number of carboxylic acid groups (broad SMARTS) is 1. The van der Waals surface area contributed by atoms with Crippen molar-refractivity contribution in [1.82, 2.24) is 0 Å². The fraction of sp³-hybridized carbons (Fsp3) is 0.895. The number of primary amides is 1. The van der Waals surface area contributed by atoms with Crippen LogP contribution in [0.3, 0.4) is 0 Å². The molecule has 0 bridgehead atoms. The summed E-state index contributed by atoms with van der Waals surface area (Å²) in [5.74, 6) is -0.883. The van der Waals surface area contributed by atoms with Crippen LogP contribution in [0.15, 0.2) is 0 Å². The van der Waals surface area contributed by atoms with Gasteiger partial charge in [0, 0.05) is 6.42 Å². The molecule has 0 unspecified atom stereocenters. The molecule has 0 rings (SSSR count). The zero-order valence-electron chi connectivity index (χ0n) is 16.5. The maximum atomic E-state index is 10.4. The lowest BCUT2D eigenvalue weighted by Crippen LogP contribution is -2.44. The number of likely N-dealkylation sites (N-methyl/N-ethyl adjacent to an activating group) is 1. The summed E-state index contributed by atoms with van der Waals surface area (Å²) < 4.78 is 0.575. The van der Waals surface area contributed by atoms with Crippen molar-refractivity contribution in [2.45, 2.75) is 84.5 Å². The van der Waals surface area contributed by atoms with Crippen LogP contribution in [0.5, 0.6) is 0 Å². The molecule has 0 atom stereocenters. The summed E-state index contributed by atoms with van der Waals surface area (Å²) in [5, 5.41) is 8.46. The number of nitrogens with zero attached hydrogens (tertiary/aromatic N) is 1. The van der Waals surface area contributed by atoms with Gasteiger partial charge < -0.3 is 15.3 Å². The van der Waals surface area contributed by atoms with Crippen LogP contribution in [0, 0.1) is 0 Å². The first-order valence-corrected chi connectivity index (χ1v) is 9.57. The fourth-order valence-electron chi connectivity index (χ4n) is 2.66. The van der Waals surface area contributed by atoms with Gasteiger partial charge in [-0.3, -0.25) is 4.79 Å². The minimum absolute atomic E-state index is 0.159. The lowest BCUT2D eigenvalue weighted by atomic mass is 10.1. The molecule has 0 spiro atoms. The van der Waals surface area contributed by atoms with Crippen LogP contribution >= 0.6 is 0 Å². The van der Waals surface area contributed by atoms with Gasteiger partial charge in [0.15, 0.2) is 6.54 Å². The first-order valence-electron chi connectivity index (χ1n) is 9.57. The first-order chi connectivity index (χ1) is 11.2. The molecule has 0 saturated carbocycles. The molecule has 0 fully saturated rings. The quantitative estimate of drug-likeness (QED) is 0.369. The van der Waals surface area contributed by atoms with Crippen LogP contribution in [0.25, 0.3) is 0 Å². The van der Waals surface area contributed by atoms with Crippen molar-refractivity contribution < 1.29 is 19.2 Å². The van der Waals surface area contributed by atoms with E-state index in [9.17, 15) is 9.59 Å². The summed E-state index contributed by atoms with van der Waals surface area (Å²) in [4.78, 5) is 20.7. The van der Waals surface area contributed by atoms with E-state index in [1.807, 2.05) is 14.1 Å². The highest BCUT2D eigenvalue weighted by molar-refractivity contribution is 5.73. The number of quaternary nitrogens is 1. The number of carboxylic acids is 1. The molecule has 3 N–H and O–H groups in total. The zero-order valence-corrected chi connectivity index (χ0v) is 16.5. The minimum atomic E-state index is -0.724. The maximum Gasteiger partial charge on any atom is 0.359 e. The number of hydrogen-bond acceptors (Lipinski definition) is 2. The Bertz CT molecular complexity index is 318. The summed E-state index contributed by atoms with van der Waals surface area (Å²) in [6.45, 7) is 5.44. The molecule has 0 aliphatic heterocycles. The second-order valence-corrected chi connectivity index (χ2v) is 7.26. The van der Waals surface area contributed by atoms with Gasteiger partial charge in [0.05, 0.1) is 20.6 Å². The first kappa shape index (κ1) is 25.1. The number of carbonyl (C=O) groups excluding carboxylic acids is 1. The van der Waals surface area contributed by atoms with Crippen LogP contribution in [-0.4, -0.2) is 48.7 Å². The van der Waals surface area contributed by atoms with Crippen LogP contribution < -0.4 is 5.73 Å². The van der Waals surface area contributed by atoms with Crippen molar-refractivity contribution in [2.75, 3.05) is 27.2 Å². The molecule has 144 valence electrons. The van der Waals surface area contributed by atoms with Gasteiger partial charge in [-0.05, 0) is 12.8 Å². The second kappa shape index (κ2) is 16.7. The van der Waals surface area contributed by atoms with Crippen molar-refractivity contribution in [3.63, 3.8) is 0 Å². The third-order valence-corrected chi connectivity index (χ3v) is 3.92. The van der Waals surface area contributed by atoms with Gasteiger partial charge in [-0.2, -0.15) is 0 Å². The molecule has 0 radical (unpaired) electrons. The Labute approximate surface area is 149 Å². The van der Waals surface area contributed by atoms with Crippen molar-refractivity contribution in [3.05, 3.63) is 0 Å². The molecule has 5 nitrogen and oxygen atoms in total. The Morgan fingerprint density at radius 3 is 1.67 bits per heavy atom. The van der Waals surface area contributed by atoms with E-state index in [4.69, 9.17) is 10.8 Å². The highest BCUT2D eigenvalue weighted by atomic mass is 16.4. The summed E-state index contributed by atoms with van der Waals surface area (Å²) in [7, 11) is 3.86. The molecule has 5 heteroatoms. The molecule has 0 aromatic carbocycles. The normalized spacial score (nSPS) is 10.8. The van der Waals surface area contributed by atoms with E-state index in [2.05, 4.69) is 13.8 Å². The average molecular weight is 346 g/mol. The fourth-order valence-corrected chi connectivity index (χ4v) is 2.66. The van der Waals surface area contributed by atoms with Crippen molar-refractivity contribution >= 4 is 11.9 Å². The Morgan fingerprint density at radius 2 is 1.29 bits per heavy atom.